The molecule has 2 atom stereocenters. The second kappa shape index (κ2) is 10.6. The number of aliphatic carboxylic acids is 2. The molecule has 0 bridgehead atoms. The van der Waals surface area contributed by atoms with Gasteiger partial charge in [0.15, 0.2) is 5.12 Å². The number of carboxylic acid groups (broad SMARTS) is 2. The molecule has 0 radical (unpaired) electrons. The van der Waals surface area contributed by atoms with Gasteiger partial charge in [-0.2, -0.15) is 0 Å². The smallest absolute Gasteiger partial charge is 0.322 e. The third kappa shape index (κ3) is 10.3. The van der Waals surface area contributed by atoms with Crippen LogP contribution in [0.2, 0.25) is 0 Å². The Morgan fingerprint density at radius 1 is 1.13 bits per heavy atom. The van der Waals surface area contributed by atoms with Gasteiger partial charge in [-0.15, -0.1) is 0 Å². The maximum atomic E-state index is 11.9. The zero-order chi connectivity index (χ0) is 18.0. The minimum atomic E-state index is -1.30. The van der Waals surface area contributed by atoms with Crippen LogP contribution in [-0.2, 0) is 24.0 Å². The monoisotopic (exact) mass is 349 g/mol. The highest BCUT2D eigenvalue weighted by molar-refractivity contribution is 8.13. The second-order valence-electron chi connectivity index (χ2n) is 4.53. The van der Waals surface area contributed by atoms with Crippen LogP contribution < -0.4 is 16.4 Å². The number of carbonyl (C=O) groups excluding carboxylic acids is 3. The Labute approximate surface area is 136 Å². The molecule has 0 aliphatic carbocycles. The molecule has 0 aromatic carbocycles. The van der Waals surface area contributed by atoms with Crippen LogP contribution in [0.1, 0.15) is 19.8 Å². The van der Waals surface area contributed by atoms with E-state index in [9.17, 15) is 24.0 Å². The van der Waals surface area contributed by atoms with Crippen molar-refractivity contribution in [3.63, 3.8) is 0 Å². The van der Waals surface area contributed by atoms with Crippen molar-refractivity contribution in [2.24, 2.45) is 5.73 Å². The Hall–Kier alpha value is -2.14. The summed E-state index contributed by atoms with van der Waals surface area (Å²) in [6, 6.07) is -2.35. The zero-order valence-electron chi connectivity index (χ0n) is 12.4. The fourth-order valence-corrected chi connectivity index (χ4v) is 2.14. The maximum absolute atomic E-state index is 11.9. The van der Waals surface area contributed by atoms with Crippen LogP contribution in [0.25, 0.3) is 0 Å². The van der Waals surface area contributed by atoms with E-state index in [1.54, 1.807) is 0 Å². The largest absolute Gasteiger partial charge is 0.480 e. The molecule has 0 aromatic rings. The molecule has 0 rings (SSSR count). The molecule has 0 spiro atoms. The van der Waals surface area contributed by atoms with Crippen LogP contribution >= 0.6 is 11.8 Å². The lowest BCUT2D eigenvalue weighted by atomic mass is 10.1. The summed E-state index contributed by atoms with van der Waals surface area (Å²) in [7, 11) is 0. The highest BCUT2D eigenvalue weighted by Crippen LogP contribution is 2.07. The number of nitrogens with two attached hydrogens (primary N) is 1. The van der Waals surface area contributed by atoms with Gasteiger partial charge in [0.2, 0.25) is 11.8 Å². The van der Waals surface area contributed by atoms with Crippen LogP contribution in [0, 0.1) is 0 Å². The number of hydrogen-bond acceptors (Lipinski definition) is 7. The third-order valence-corrected chi connectivity index (χ3v) is 3.47. The van der Waals surface area contributed by atoms with E-state index in [2.05, 4.69) is 10.6 Å². The van der Waals surface area contributed by atoms with Gasteiger partial charge in [0, 0.05) is 19.1 Å². The van der Waals surface area contributed by atoms with Gasteiger partial charge >= 0.3 is 11.9 Å². The van der Waals surface area contributed by atoms with Crippen molar-refractivity contribution >= 4 is 40.6 Å². The number of amides is 2. The van der Waals surface area contributed by atoms with Gasteiger partial charge in [-0.25, -0.2) is 0 Å². The Bertz CT molecular complexity index is 483. The fraction of sp³-hybridized carbons (Fsp3) is 0.583. The molecule has 130 valence electrons. The quantitative estimate of drug-likeness (QED) is 0.286. The van der Waals surface area contributed by atoms with E-state index in [0.29, 0.717) is 0 Å². The van der Waals surface area contributed by atoms with Crippen LogP contribution in [0.3, 0.4) is 0 Å². The molecule has 10 nitrogen and oxygen atoms in total. The van der Waals surface area contributed by atoms with Crippen molar-refractivity contribution in [2.75, 3.05) is 12.3 Å². The summed E-state index contributed by atoms with van der Waals surface area (Å²) in [5.74, 6) is -4.09. The molecule has 0 saturated carbocycles. The molecular weight excluding hydrogens is 330 g/mol. The molecule has 0 saturated heterocycles. The summed E-state index contributed by atoms with van der Waals surface area (Å²) in [6.07, 6.45) is -0.342. The van der Waals surface area contributed by atoms with Crippen molar-refractivity contribution in [2.45, 2.75) is 31.8 Å². The lowest BCUT2D eigenvalue weighted by Crippen LogP contribution is -2.53. The summed E-state index contributed by atoms with van der Waals surface area (Å²) < 4.78 is 0. The van der Waals surface area contributed by atoms with Gasteiger partial charge in [-0.1, -0.05) is 11.8 Å². The number of hydrogen-bond donors (Lipinski definition) is 5. The number of primary amides is 1. The maximum Gasteiger partial charge on any atom is 0.322 e. The first-order valence-corrected chi connectivity index (χ1v) is 7.52. The summed E-state index contributed by atoms with van der Waals surface area (Å²) in [5.41, 5.74) is 4.96. The van der Waals surface area contributed by atoms with Gasteiger partial charge in [-0.3, -0.25) is 29.3 Å². The highest BCUT2D eigenvalue weighted by atomic mass is 32.2. The van der Waals surface area contributed by atoms with Crippen LogP contribution in [0.5, 0.6) is 0 Å². The average molecular weight is 349 g/mol. The standard InChI is InChI=1S/C12H19N3O7S/c1-6(16)23-5-8(11(20)14-4-10(18)19)15-7(12(21)22)2-3-9(13)17/h7-8,15H,2-5H2,1H3,(H2,13,17)(H,14,20)(H,18,19)(H,21,22)/t7-,8-/m0/s1. The van der Waals surface area contributed by atoms with Crippen LogP contribution in [0.4, 0.5) is 0 Å². The number of carbonyl (C=O) groups is 5. The Balaban J connectivity index is 4.88. The van der Waals surface area contributed by atoms with Gasteiger partial charge < -0.3 is 21.3 Å². The first kappa shape index (κ1) is 20.9. The molecule has 6 N–H and O–H groups in total. The normalized spacial score (nSPS) is 12.9. The molecule has 2 amide bonds. The average Bonchev–Trinajstić information content (AvgIpc) is 2.42. The summed E-state index contributed by atoms with van der Waals surface area (Å²) >= 11 is 0.786. The van der Waals surface area contributed by atoms with Gasteiger partial charge in [0.05, 0.1) is 6.04 Å². The van der Waals surface area contributed by atoms with E-state index in [1.807, 2.05) is 0 Å². The highest BCUT2D eigenvalue weighted by Gasteiger charge is 2.27. The number of thioether (sulfide) groups is 1. The Morgan fingerprint density at radius 3 is 2.17 bits per heavy atom. The molecule has 11 heteroatoms. The van der Waals surface area contributed by atoms with Crippen molar-refractivity contribution in [3.8, 4) is 0 Å². The SMILES string of the molecule is CC(=O)SC[C@H](N[C@@H](CCC(N)=O)C(=O)O)C(=O)NCC(=O)O. The molecule has 23 heavy (non-hydrogen) atoms. The molecule has 0 aliphatic rings. The molecule has 0 unspecified atom stereocenters. The zero-order valence-corrected chi connectivity index (χ0v) is 13.2. The molecular formula is C12H19N3O7S. The van der Waals surface area contributed by atoms with E-state index < -0.39 is 42.4 Å². The van der Waals surface area contributed by atoms with Gasteiger partial charge in [0.25, 0.3) is 0 Å². The van der Waals surface area contributed by atoms with E-state index in [0.717, 1.165) is 11.8 Å². The molecule has 0 fully saturated rings. The topological polar surface area (TPSA) is 176 Å². The second-order valence-corrected chi connectivity index (χ2v) is 5.73. The Morgan fingerprint density at radius 2 is 1.74 bits per heavy atom. The van der Waals surface area contributed by atoms with E-state index in [-0.39, 0.29) is 23.7 Å². The third-order valence-electron chi connectivity index (χ3n) is 2.56. The summed E-state index contributed by atoms with van der Waals surface area (Å²) in [6.45, 7) is 0.638. The minimum Gasteiger partial charge on any atom is -0.480 e. The minimum absolute atomic E-state index is 0.0822. The predicted octanol–water partition coefficient (Wildman–Crippen LogP) is -1.86. The van der Waals surface area contributed by atoms with E-state index >= 15 is 0 Å². The van der Waals surface area contributed by atoms with Crippen molar-refractivity contribution in [1.82, 2.24) is 10.6 Å². The van der Waals surface area contributed by atoms with Gasteiger partial charge in [0.1, 0.15) is 12.6 Å². The predicted molar refractivity (Wildman–Crippen MR) is 80.6 cm³/mol. The first-order valence-electron chi connectivity index (χ1n) is 6.53. The summed E-state index contributed by atoms with van der Waals surface area (Å²) in [5, 5.41) is 22.0. The van der Waals surface area contributed by atoms with Crippen LogP contribution in [-0.4, -0.2) is 63.5 Å². The van der Waals surface area contributed by atoms with Gasteiger partial charge in [-0.05, 0) is 6.42 Å². The summed E-state index contributed by atoms with van der Waals surface area (Å²) in [4.78, 5) is 55.3. The fourth-order valence-electron chi connectivity index (χ4n) is 1.49. The Kier molecular flexibility index (Phi) is 9.58. The van der Waals surface area contributed by atoms with Crippen molar-refractivity contribution < 1.29 is 34.2 Å². The van der Waals surface area contributed by atoms with Crippen molar-refractivity contribution in [3.05, 3.63) is 0 Å². The first-order chi connectivity index (χ1) is 10.6. The molecule has 0 heterocycles. The van der Waals surface area contributed by atoms with Crippen LogP contribution in [0.15, 0.2) is 0 Å². The van der Waals surface area contributed by atoms with Crippen molar-refractivity contribution in [1.29, 1.82) is 0 Å². The van der Waals surface area contributed by atoms with E-state index in [1.165, 1.54) is 6.92 Å². The number of rotatable bonds is 11. The lowest BCUT2D eigenvalue weighted by molar-refractivity contribution is -0.141. The lowest BCUT2D eigenvalue weighted by Gasteiger charge is -2.21. The number of nitrogens with one attached hydrogen (secondary N) is 2. The van der Waals surface area contributed by atoms with E-state index in [4.69, 9.17) is 15.9 Å². The number of carboxylic acids is 2. The molecule has 0 aromatic heterocycles. The molecule has 0 aliphatic heterocycles.